The first-order valence-corrected chi connectivity index (χ1v) is 5.70. The van der Waals surface area contributed by atoms with Crippen molar-refractivity contribution in [3.05, 3.63) is 20.3 Å². The van der Waals surface area contributed by atoms with Gasteiger partial charge < -0.3 is 5.11 Å². The summed E-state index contributed by atoms with van der Waals surface area (Å²) in [6, 6.07) is 2.05. The van der Waals surface area contributed by atoms with Crippen molar-refractivity contribution in [2.75, 3.05) is 0 Å². The second kappa shape index (κ2) is 4.40. The Bertz CT molecular complexity index is 238. The van der Waals surface area contributed by atoms with Crippen LogP contribution in [0.1, 0.15) is 36.3 Å². The van der Waals surface area contributed by atoms with Crippen molar-refractivity contribution >= 4 is 27.3 Å². The highest BCUT2D eigenvalue weighted by Gasteiger charge is 2.10. The largest absolute Gasteiger partial charge is 0.388 e. The van der Waals surface area contributed by atoms with Gasteiger partial charge in [0.25, 0.3) is 0 Å². The fourth-order valence-electron chi connectivity index (χ4n) is 1.06. The van der Waals surface area contributed by atoms with Crippen LogP contribution in [0.4, 0.5) is 0 Å². The number of hydrogen-bond acceptors (Lipinski definition) is 2. The Morgan fingerprint density at radius 1 is 1.67 bits per heavy atom. The van der Waals surface area contributed by atoms with E-state index in [0.29, 0.717) is 0 Å². The van der Waals surface area contributed by atoms with E-state index in [9.17, 15) is 5.11 Å². The summed E-state index contributed by atoms with van der Waals surface area (Å²) in [5, 5.41) is 9.65. The average Bonchev–Trinajstić information content (AvgIpc) is 2.33. The minimum atomic E-state index is -0.273. The Kier molecular flexibility index (Phi) is 3.75. The van der Waals surface area contributed by atoms with Crippen LogP contribution in [0.5, 0.6) is 0 Å². The summed E-state index contributed by atoms with van der Waals surface area (Å²) < 4.78 is 1.13. The lowest BCUT2D eigenvalue weighted by molar-refractivity contribution is 0.170. The number of hydrogen-bond donors (Lipinski definition) is 1. The molecule has 1 rings (SSSR count). The van der Waals surface area contributed by atoms with E-state index in [1.807, 2.05) is 6.92 Å². The molecule has 0 aromatic carbocycles. The maximum Gasteiger partial charge on any atom is 0.0882 e. The maximum atomic E-state index is 9.65. The second-order valence-electron chi connectivity index (χ2n) is 2.91. The maximum absolute atomic E-state index is 9.65. The highest BCUT2D eigenvalue weighted by Crippen LogP contribution is 2.32. The van der Waals surface area contributed by atoms with Crippen molar-refractivity contribution in [1.29, 1.82) is 0 Å². The molecule has 12 heavy (non-hydrogen) atoms. The monoisotopic (exact) mass is 248 g/mol. The van der Waals surface area contributed by atoms with Crippen molar-refractivity contribution in [2.45, 2.75) is 32.8 Å². The van der Waals surface area contributed by atoms with Crippen molar-refractivity contribution in [1.82, 2.24) is 0 Å². The van der Waals surface area contributed by atoms with E-state index in [1.54, 1.807) is 11.3 Å². The molecule has 68 valence electrons. The van der Waals surface area contributed by atoms with Crippen LogP contribution in [0, 0.1) is 6.92 Å². The van der Waals surface area contributed by atoms with Crippen LogP contribution in [-0.2, 0) is 0 Å². The molecule has 0 saturated heterocycles. The van der Waals surface area contributed by atoms with Crippen molar-refractivity contribution in [2.24, 2.45) is 0 Å². The number of halogens is 1. The minimum absolute atomic E-state index is 0.273. The Morgan fingerprint density at radius 3 is 2.75 bits per heavy atom. The first-order valence-electron chi connectivity index (χ1n) is 4.09. The molecule has 3 heteroatoms. The van der Waals surface area contributed by atoms with Gasteiger partial charge in [0.2, 0.25) is 0 Å². The molecule has 0 amide bonds. The molecule has 0 aliphatic rings. The van der Waals surface area contributed by atoms with Gasteiger partial charge in [-0.15, -0.1) is 11.3 Å². The molecule has 0 aliphatic heterocycles. The number of aliphatic hydroxyl groups excluding tert-OH is 1. The lowest BCUT2D eigenvalue weighted by Gasteiger charge is -2.04. The normalized spacial score (nSPS) is 13.3. The first kappa shape index (κ1) is 10.2. The third-order valence-corrected chi connectivity index (χ3v) is 4.00. The van der Waals surface area contributed by atoms with Crippen molar-refractivity contribution in [3.63, 3.8) is 0 Å². The zero-order valence-corrected chi connectivity index (χ0v) is 9.70. The SMILES string of the molecule is CCCC(O)c1cc(C)c(Br)s1. The molecule has 0 spiro atoms. The molecule has 1 nitrogen and oxygen atoms in total. The quantitative estimate of drug-likeness (QED) is 0.866. The lowest BCUT2D eigenvalue weighted by Crippen LogP contribution is -1.92. The molecule has 1 aromatic heterocycles. The van der Waals surface area contributed by atoms with Gasteiger partial charge in [0.15, 0.2) is 0 Å². The Hall–Kier alpha value is 0.140. The average molecular weight is 249 g/mol. The predicted octanol–water partition coefficient (Wildman–Crippen LogP) is 3.65. The molecular formula is C9H13BrOS. The van der Waals surface area contributed by atoms with Crippen LogP contribution < -0.4 is 0 Å². The Morgan fingerprint density at radius 2 is 2.33 bits per heavy atom. The number of rotatable bonds is 3. The second-order valence-corrected chi connectivity index (χ2v) is 5.31. The third kappa shape index (κ3) is 2.31. The van der Waals surface area contributed by atoms with E-state index in [1.165, 1.54) is 5.56 Å². The topological polar surface area (TPSA) is 20.2 Å². The smallest absolute Gasteiger partial charge is 0.0882 e. The van der Waals surface area contributed by atoms with Crippen LogP contribution >= 0.6 is 27.3 Å². The van der Waals surface area contributed by atoms with Gasteiger partial charge >= 0.3 is 0 Å². The molecule has 0 bridgehead atoms. The highest BCUT2D eigenvalue weighted by atomic mass is 79.9. The van der Waals surface area contributed by atoms with Crippen LogP contribution in [0.3, 0.4) is 0 Å². The molecule has 1 heterocycles. The lowest BCUT2D eigenvalue weighted by atomic mass is 10.2. The summed E-state index contributed by atoms with van der Waals surface area (Å²) in [7, 11) is 0. The summed E-state index contributed by atoms with van der Waals surface area (Å²) in [4.78, 5) is 1.07. The zero-order chi connectivity index (χ0) is 9.14. The van der Waals surface area contributed by atoms with Crippen molar-refractivity contribution < 1.29 is 5.11 Å². The van der Waals surface area contributed by atoms with Gasteiger partial charge in [0.05, 0.1) is 9.89 Å². The number of aliphatic hydroxyl groups is 1. The molecule has 0 radical (unpaired) electrons. The number of aryl methyl sites for hydroxylation is 1. The van der Waals surface area contributed by atoms with Crippen LogP contribution in [0.25, 0.3) is 0 Å². The Balaban J connectivity index is 2.74. The summed E-state index contributed by atoms with van der Waals surface area (Å²) in [6.45, 7) is 4.13. The van der Waals surface area contributed by atoms with Gasteiger partial charge in [-0.3, -0.25) is 0 Å². The minimum Gasteiger partial charge on any atom is -0.388 e. The molecule has 1 N–H and O–H groups in total. The summed E-state index contributed by atoms with van der Waals surface area (Å²) in [5.74, 6) is 0. The van der Waals surface area contributed by atoms with Crippen LogP contribution in [-0.4, -0.2) is 5.11 Å². The standard InChI is InChI=1S/C9H13BrOS/c1-3-4-7(11)8-5-6(2)9(10)12-8/h5,7,11H,3-4H2,1-2H3. The summed E-state index contributed by atoms with van der Waals surface area (Å²) in [5.41, 5.74) is 1.21. The van der Waals surface area contributed by atoms with Gasteiger partial charge in [0, 0.05) is 4.88 Å². The third-order valence-electron chi connectivity index (χ3n) is 1.77. The van der Waals surface area contributed by atoms with E-state index in [0.717, 1.165) is 21.5 Å². The molecule has 1 aromatic rings. The first-order chi connectivity index (χ1) is 5.65. The Labute approximate surface area is 85.6 Å². The van der Waals surface area contributed by atoms with E-state index in [2.05, 4.69) is 28.9 Å². The van der Waals surface area contributed by atoms with Crippen LogP contribution in [0.15, 0.2) is 9.85 Å². The molecule has 0 fully saturated rings. The van der Waals surface area contributed by atoms with Crippen molar-refractivity contribution in [3.8, 4) is 0 Å². The van der Waals surface area contributed by atoms with E-state index >= 15 is 0 Å². The zero-order valence-electron chi connectivity index (χ0n) is 7.30. The van der Waals surface area contributed by atoms with Gasteiger partial charge in [-0.05, 0) is 40.9 Å². The van der Waals surface area contributed by atoms with E-state index < -0.39 is 0 Å². The summed E-state index contributed by atoms with van der Waals surface area (Å²) >= 11 is 5.07. The number of thiophene rings is 1. The molecule has 0 saturated carbocycles. The molecule has 0 aliphatic carbocycles. The fraction of sp³-hybridized carbons (Fsp3) is 0.556. The molecule has 1 unspecified atom stereocenters. The van der Waals surface area contributed by atoms with Gasteiger partial charge in [-0.2, -0.15) is 0 Å². The van der Waals surface area contributed by atoms with Gasteiger partial charge in [-0.25, -0.2) is 0 Å². The molecular weight excluding hydrogens is 236 g/mol. The van der Waals surface area contributed by atoms with E-state index in [4.69, 9.17) is 0 Å². The summed E-state index contributed by atoms with van der Waals surface area (Å²) in [6.07, 6.45) is 1.60. The highest BCUT2D eigenvalue weighted by molar-refractivity contribution is 9.11. The molecule has 1 atom stereocenters. The predicted molar refractivity (Wildman–Crippen MR) is 56.6 cm³/mol. The fourth-order valence-corrected chi connectivity index (χ4v) is 2.66. The van der Waals surface area contributed by atoms with Crippen LogP contribution in [0.2, 0.25) is 0 Å². The van der Waals surface area contributed by atoms with E-state index in [-0.39, 0.29) is 6.10 Å². The van der Waals surface area contributed by atoms with Gasteiger partial charge in [-0.1, -0.05) is 13.3 Å². The van der Waals surface area contributed by atoms with Gasteiger partial charge in [0.1, 0.15) is 0 Å².